The predicted octanol–water partition coefficient (Wildman–Crippen LogP) is 0.154. The van der Waals surface area contributed by atoms with Crippen LogP contribution in [0.25, 0.3) is 11.0 Å². The second-order valence-corrected chi connectivity index (χ2v) is 2.77. The second-order valence-electron chi connectivity index (χ2n) is 2.77. The molecule has 2 rings (SSSR count). The van der Waals surface area contributed by atoms with E-state index in [2.05, 4.69) is 0 Å². The molecule has 1 aromatic heterocycles. The number of hydrogen-bond acceptors (Lipinski definition) is 4. The summed E-state index contributed by atoms with van der Waals surface area (Å²) in [5.74, 6) is -1.52. The number of carbonyl (C=O) groups excluding carboxylic acids is 1. The van der Waals surface area contributed by atoms with Crippen LogP contribution in [0.2, 0.25) is 0 Å². The molecule has 0 saturated heterocycles. The van der Waals surface area contributed by atoms with Gasteiger partial charge in [0.1, 0.15) is 5.58 Å². The van der Waals surface area contributed by atoms with Crippen molar-refractivity contribution in [2.24, 2.45) is 0 Å². The van der Waals surface area contributed by atoms with Crippen molar-refractivity contribution in [3.63, 3.8) is 0 Å². The maximum atomic E-state index is 11.1. The summed E-state index contributed by atoms with van der Waals surface area (Å²) >= 11 is 0. The first-order valence-corrected chi connectivity index (χ1v) is 3.93. The Labute approximate surface area is 100 Å². The first kappa shape index (κ1) is 11.7. The Morgan fingerprint density at radius 1 is 1.27 bits per heavy atom. The molecule has 0 unspecified atom stereocenters. The van der Waals surface area contributed by atoms with Crippen LogP contribution in [0.15, 0.2) is 39.5 Å². The number of carboxylic acids is 1. The van der Waals surface area contributed by atoms with Crippen molar-refractivity contribution in [3.8, 4) is 0 Å². The minimum absolute atomic E-state index is 0. The molecule has 0 atom stereocenters. The summed E-state index contributed by atoms with van der Waals surface area (Å²) in [5, 5.41) is 11.1. The molecule has 0 amide bonds. The standard InChI is InChI=1S/C10H6O4.Ag/c11-9(12)7-5-6-3-1-2-4-8(6)14-10(7)13;/h1-5H,(H,11,12);/q;+1/p-1. The van der Waals surface area contributed by atoms with Crippen LogP contribution in [0.4, 0.5) is 0 Å². The van der Waals surface area contributed by atoms with E-state index in [4.69, 9.17) is 4.42 Å². The molecule has 1 heterocycles. The van der Waals surface area contributed by atoms with Crippen LogP contribution >= 0.6 is 0 Å². The summed E-state index contributed by atoms with van der Waals surface area (Å²) in [6.45, 7) is 0. The zero-order valence-electron chi connectivity index (χ0n) is 7.32. The molecule has 80 valence electrons. The molecule has 0 fully saturated rings. The van der Waals surface area contributed by atoms with Crippen molar-refractivity contribution in [2.75, 3.05) is 0 Å². The average molecular weight is 297 g/mol. The van der Waals surface area contributed by atoms with Crippen molar-refractivity contribution in [2.45, 2.75) is 0 Å². The van der Waals surface area contributed by atoms with Gasteiger partial charge in [-0.1, -0.05) is 18.2 Å². The Balaban J connectivity index is 0.00000112. The minimum atomic E-state index is -1.52. The molecule has 0 bridgehead atoms. The maximum Gasteiger partial charge on any atom is 1.00 e. The number of rotatable bonds is 1. The van der Waals surface area contributed by atoms with E-state index in [9.17, 15) is 14.7 Å². The summed E-state index contributed by atoms with van der Waals surface area (Å²) < 4.78 is 4.78. The SMILES string of the molecule is O=C([O-])c1cc2ccccc2oc1=O.[Ag+]. The Bertz CT molecular complexity index is 559. The molecule has 0 aliphatic carbocycles. The van der Waals surface area contributed by atoms with Gasteiger partial charge in [-0.25, -0.2) is 4.79 Å². The van der Waals surface area contributed by atoms with E-state index in [0.29, 0.717) is 11.0 Å². The zero-order valence-corrected chi connectivity index (χ0v) is 8.80. The molecule has 15 heavy (non-hydrogen) atoms. The quantitative estimate of drug-likeness (QED) is 0.555. The van der Waals surface area contributed by atoms with E-state index < -0.39 is 17.2 Å². The monoisotopic (exact) mass is 296 g/mol. The Hall–Kier alpha value is -1.36. The number of hydrogen-bond donors (Lipinski definition) is 0. The predicted molar refractivity (Wildman–Crippen MR) is 46.8 cm³/mol. The molecule has 0 spiro atoms. The summed E-state index contributed by atoms with van der Waals surface area (Å²) in [7, 11) is 0. The summed E-state index contributed by atoms with van der Waals surface area (Å²) in [6, 6.07) is 7.92. The number of para-hydroxylation sites is 1. The number of carboxylic acid groups (broad SMARTS) is 1. The van der Waals surface area contributed by atoms with E-state index in [1.54, 1.807) is 24.3 Å². The number of benzene rings is 1. The number of carbonyl (C=O) groups is 1. The molecule has 4 nitrogen and oxygen atoms in total. The van der Waals surface area contributed by atoms with Gasteiger partial charge in [-0.3, -0.25) is 0 Å². The molecule has 0 aliphatic heterocycles. The third-order valence-electron chi connectivity index (χ3n) is 1.86. The van der Waals surface area contributed by atoms with Crippen LogP contribution in [0.3, 0.4) is 0 Å². The summed E-state index contributed by atoms with van der Waals surface area (Å²) in [4.78, 5) is 21.6. The smallest absolute Gasteiger partial charge is 0.545 e. The van der Waals surface area contributed by atoms with E-state index in [0.717, 1.165) is 0 Å². The summed E-state index contributed by atoms with van der Waals surface area (Å²) in [5.41, 5.74) is -0.977. The summed E-state index contributed by atoms with van der Waals surface area (Å²) in [6.07, 6.45) is 0. The number of fused-ring (bicyclic) bond motifs is 1. The zero-order chi connectivity index (χ0) is 10.1. The third kappa shape index (κ3) is 2.18. The third-order valence-corrected chi connectivity index (χ3v) is 1.86. The van der Waals surface area contributed by atoms with Gasteiger partial charge in [-0.2, -0.15) is 0 Å². The van der Waals surface area contributed by atoms with Crippen molar-refractivity contribution >= 4 is 16.9 Å². The first-order valence-electron chi connectivity index (χ1n) is 3.93. The molecule has 2 aromatic rings. The van der Waals surface area contributed by atoms with Gasteiger partial charge >= 0.3 is 28.0 Å². The molecule has 0 saturated carbocycles. The van der Waals surface area contributed by atoms with Crippen LogP contribution in [0.5, 0.6) is 0 Å². The molecule has 1 aromatic carbocycles. The van der Waals surface area contributed by atoms with Crippen molar-refractivity contribution < 1.29 is 36.7 Å². The van der Waals surface area contributed by atoms with E-state index in [1.807, 2.05) is 0 Å². The van der Waals surface area contributed by atoms with Gasteiger partial charge in [-0.05, 0) is 12.1 Å². The van der Waals surface area contributed by atoms with Gasteiger partial charge in [0.2, 0.25) is 0 Å². The van der Waals surface area contributed by atoms with E-state index >= 15 is 0 Å². The van der Waals surface area contributed by atoms with Crippen LogP contribution in [-0.2, 0) is 22.4 Å². The van der Waals surface area contributed by atoms with Gasteiger partial charge in [-0.15, -0.1) is 0 Å². The van der Waals surface area contributed by atoms with Crippen LogP contribution in [0, 0.1) is 0 Å². The minimum Gasteiger partial charge on any atom is -0.545 e. The molecule has 5 heteroatoms. The van der Waals surface area contributed by atoms with Crippen LogP contribution in [-0.4, -0.2) is 5.97 Å². The van der Waals surface area contributed by atoms with E-state index in [-0.39, 0.29) is 22.4 Å². The Morgan fingerprint density at radius 3 is 2.60 bits per heavy atom. The van der Waals surface area contributed by atoms with Gasteiger partial charge in [0.15, 0.2) is 0 Å². The largest absolute Gasteiger partial charge is 1.00 e. The fourth-order valence-electron chi connectivity index (χ4n) is 1.20. The molecule has 0 aliphatic rings. The fraction of sp³-hybridized carbons (Fsp3) is 0. The number of aromatic carboxylic acids is 1. The Kier molecular flexibility index (Phi) is 3.47. The van der Waals surface area contributed by atoms with Crippen molar-refractivity contribution in [3.05, 3.63) is 46.3 Å². The van der Waals surface area contributed by atoms with Crippen LogP contribution < -0.4 is 10.7 Å². The van der Waals surface area contributed by atoms with E-state index in [1.165, 1.54) is 6.07 Å². The Morgan fingerprint density at radius 2 is 1.93 bits per heavy atom. The maximum absolute atomic E-state index is 11.1. The van der Waals surface area contributed by atoms with Gasteiger partial charge in [0.25, 0.3) is 0 Å². The second kappa shape index (κ2) is 4.44. The first-order chi connectivity index (χ1) is 6.68. The topological polar surface area (TPSA) is 70.3 Å². The van der Waals surface area contributed by atoms with Crippen LogP contribution in [0.1, 0.15) is 10.4 Å². The fourth-order valence-corrected chi connectivity index (χ4v) is 1.20. The molecular weight excluding hydrogens is 292 g/mol. The van der Waals surface area contributed by atoms with Gasteiger partial charge < -0.3 is 14.3 Å². The molecule has 0 radical (unpaired) electrons. The van der Waals surface area contributed by atoms with Gasteiger partial charge in [0, 0.05) is 5.39 Å². The normalized spacial score (nSPS) is 9.60. The van der Waals surface area contributed by atoms with Crippen molar-refractivity contribution in [1.82, 2.24) is 0 Å². The molecule has 0 N–H and O–H groups in total. The molecular formula is C10H5AgO4. The van der Waals surface area contributed by atoms with Crippen molar-refractivity contribution in [1.29, 1.82) is 0 Å². The van der Waals surface area contributed by atoms with Gasteiger partial charge in [0.05, 0.1) is 11.5 Å². The average Bonchev–Trinajstić information content (AvgIpc) is 2.16.